The van der Waals surface area contributed by atoms with Gasteiger partial charge in [-0.15, -0.1) is 0 Å². The Labute approximate surface area is 140 Å². The van der Waals surface area contributed by atoms with E-state index in [1.807, 2.05) is 6.07 Å². The summed E-state index contributed by atoms with van der Waals surface area (Å²) in [5.74, 6) is -1.34. The highest BCUT2D eigenvalue weighted by atomic mass is 16.5. The molecule has 0 unspecified atom stereocenters. The number of ether oxygens (including phenoxy) is 1. The second-order valence-corrected chi connectivity index (χ2v) is 5.36. The third-order valence-corrected chi connectivity index (χ3v) is 3.00. The topological polar surface area (TPSA) is 120 Å². The molecule has 0 radical (unpaired) electrons. The molecule has 3 amide bonds. The molecule has 0 heterocycles. The molecule has 1 aromatic carbocycles. The zero-order valence-corrected chi connectivity index (χ0v) is 13.8. The van der Waals surface area contributed by atoms with Crippen molar-refractivity contribution in [2.24, 2.45) is 5.92 Å². The molecule has 128 valence electrons. The minimum Gasteiger partial charge on any atom is -0.482 e. The van der Waals surface area contributed by atoms with Gasteiger partial charge in [0.15, 0.2) is 6.61 Å². The van der Waals surface area contributed by atoms with Crippen LogP contribution in [0.2, 0.25) is 0 Å². The first-order valence-corrected chi connectivity index (χ1v) is 7.33. The number of hydrogen-bond donors (Lipinski definition) is 3. The van der Waals surface area contributed by atoms with Crippen molar-refractivity contribution >= 4 is 17.7 Å². The molecular weight excluding hydrogens is 312 g/mol. The quantitative estimate of drug-likeness (QED) is 0.645. The molecule has 8 heteroatoms. The summed E-state index contributed by atoms with van der Waals surface area (Å²) in [6.45, 7) is 4.47. The Hall–Kier alpha value is -3.08. The Morgan fingerprint density at radius 2 is 1.88 bits per heavy atom. The number of hydrazine groups is 1. The first-order valence-electron chi connectivity index (χ1n) is 7.33. The summed E-state index contributed by atoms with van der Waals surface area (Å²) in [5, 5.41) is 11.4. The molecule has 0 fully saturated rings. The Bertz CT molecular complexity index is 652. The van der Waals surface area contributed by atoms with E-state index in [0.29, 0.717) is 5.56 Å². The molecule has 8 nitrogen and oxygen atoms in total. The smallest absolute Gasteiger partial charge is 0.276 e. The summed E-state index contributed by atoms with van der Waals surface area (Å²) < 4.78 is 5.24. The van der Waals surface area contributed by atoms with Gasteiger partial charge < -0.3 is 10.1 Å². The number of benzene rings is 1. The van der Waals surface area contributed by atoms with Crippen LogP contribution in [-0.4, -0.2) is 30.4 Å². The maximum atomic E-state index is 12.0. The first kappa shape index (κ1) is 19.0. The molecule has 24 heavy (non-hydrogen) atoms. The van der Waals surface area contributed by atoms with E-state index in [9.17, 15) is 14.4 Å². The number of nitrogens with one attached hydrogen (secondary N) is 3. The number of carbonyl (C=O) groups excluding carboxylic acids is 3. The minimum absolute atomic E-state index is 0.149. The van der Waals surface area contributed by atoms with Crippen LogP contribution in [-0.2, 0) is 14.4 Å². The highest BCUT2D eigenvalue weighted by Crippen LogP contribution is 2.15. The Kier molecular flexibility index (Phi) is 7.23. The molecule has 1 atom stereocenters. The molecule has 3 N–H and O–H groups in total. The SMILES string of the molecule is CC(=O)N[C@H](C(=O)NNC(=O)COc1ccccc1C#N)C(C)C. The van der Waals surface area contributed by atoms with Crippen LogP contribution in [0.1, 0.15) is 26.3 Å². The van der Waals surface area contributed by atoms with Gasteiger partial charge in [0.1, 0.15) is 17.9 Å². The van der Waals surface area contributed by atoms with E-state index in [0.717, 1.165) is 0 Å². The van der Waals surface area contributed by atoms with Gasteiger partial charge in [-0.05, 0) is 18.1 Å². The maximum Gasteiger partial charge on any atom is 0.276 e. The number of carbonyl (C=O) groups is 3. The molecule has 0 aliphatic carbocycles. The van der Waals surface area contributed by atoms with Gasteiger partial charge in [0, 0.05) is 6.92 Å². The number of nitriles is 1. The number of nitrogens with zero attached hydrogens (tertiary/aromatic N) is 1. The van der Waals surface area contributed by atoms with Crippen molar-refractivity contribution in [2.75, 3.05) is 6.61 Å². The van der Waals surface area contributed by atoms with Crippen LogP contribution in [0.4, 0.5) is 0 Å². The van der Waals surface area contributed by atoms with Crippen LogP contribution in [0, 0.1) is 17.2 Å². The summed E-state index contributed by atoms with van der Waals surface area (Å²) in [5.41, 5.74) is 4.74. The highest BCUT2D eigenvalue weighted by Gasteiger charge is 2.23. The average molecular weight is 332 g/mol. The first-order chi connectivity index (χ1) is 11.3. The lowest BCUT2D eigenvalue weighted by Crippen LogP contribution is -2.54. The normalized spacial score (nSPS) is 11.1. The monoisotopic (exact) mass is 332 g/mol. The fourth-order valence-electron chi connectivity index (χ4n) is 1.83. The van der Waals surface area contributed by atoms with Gasteiger partial charge in [0.2, 0.25) is 5.91 Å². The van der Waals surface area contributed by atoms with Crippen molar-refractivity contribution in [1.82, 2.24) is 16.2 Å². The summed E-state index contributed by atoms with van der Waals surface area (Å²) in [7, 11) is 0. The molecule has 0 aromatic heterocycles. The molecule has 0 aliphatic heterocycles. The fourth-order valence-corrected chi connectivity index (χ4v) is 1.83. The maximum absolute atomic E-state index is 12.0. The number of hydrogen-bond acceptors (Lipinski definition) is 5. The van der Waals surface area contributed by atoms with Gasteiger partial charge in [0.05, 0.1) is 5.56 Å². The van der Waals surface area contributed by atoms with Gasteiger partial charge in [-0.1, -0.05) is 26.0 Å². The van der Waals surface area contributed by atoms with Gasteiger partial charge in [-0.3, -0.25) is 25.2 Å². The van der Waals surface area contributed by atoms with Crippen molar-refractivity contribution in [3.05, 3.63) is 29.8 Å². The predicted octanol–water partition coefficient (Wildman–Crippen LogP) is 0.245. The van der Waals surface area contributed by atoms with E-state index in [-0.39, 0.29) is 24.2 Å². The van der Waals surface area contributed by atoms with Gasteiger partial charge in [-0.2, -0.15) is 5.26 Å². The van der Waals surface area contributed by atoms with Crippen LogP contribution in [0.25, 0.3) is 0 Å². The number of para-hydroxylation sites is 1. The zero-order valence-electron chi connectivity index (χ0n) is 13.8. The molecule has 1 aromatic rings. The molecule has 0 spiro atoms. The average Bonchev–Trinajstić information content (AvgIpc) is 2.55. The lowest BCUT2D eigenvalue weighted by Gasteiger charge is -2.21. The lowest BCUT2D eigenvalue weighted by atomic mass is 10.0. The standard InChI is InChI=1S/C16H20N4O4/c1-10(2)15(18-11(3)21)16(23)20-19-14(22)9-24-13-7-5-4-6-12(13)8-17/h4-7,10,15H,9H2,1-3H3,(H,18,21)(H,19,22)(H,20,23)/t15-/m0/s1. The van der Waals surface area contributed by atoms with Gasteiger partial charge >= 0.3 is 0 Å². The van der Waals surface area contributed by atoms with Crippen LogP contribution in [0.3, 0.4) is 0 Å². The summed E-state index contributed by atoms with van der Waals surface area (Å²) in [6, 6.07) is 7.68. The van der Waals surface area contributed by atoms with E-state index in [1.54, 1.807) is 38.1 Å². The van der Waals surface area contributed by atoms with Crippen LogP contribution in [0.15, 0.2) is 24.3 Å². The van der Waals surface area contributed by atoms with E-state index in [2.05, 4.69) is 16.2 Å². The van der Waals surface area contributed by atoms with Gasteiger partial charge in [-0.25, -0.2) is 0 Å². The highest BCUT2D eigenvalue weighted by molar-refractivity contribution is 5.89. The molecule has 0 saturated heterocycles. The van der Waals surface area contributed by atoms with Crippen molar-refractivity contribution < 1.29 is 19.1 Å². The summed E-state index contributed by atoms with van der Waals surface area (Å²) in [6.07, 6.45) is 0. The Balaban J connectivity index is 2.49. The van der Waals surface area contributed by atoms with E-state index in [1.165, 1.54) is 6.92 Å². The fraction of sp³-hybridized carbons (Fsp3) is 0.375. The van der Waals surface area contributed by atoms with E-state index in [4.69, 9.17) is 10.00 Å². The molecule has 0 aliphatic rings. The van der Waals surface area contributed by atoms with E-state index >= 15 is 0 Å². The third kappa shape index (κ3) is 5.96. The number of amides is 3. The van der Waals surface area contributed by atoms with Gasteiger partial charge in [0.25, 0.3) is 11.8 Å². The minimum atomic E-state index is -0.761. The van der Waals surface area contributed by atoms with Crippen LogP contribution in [0.5, 0.6) is 5.75 Å². The van der Waals surface area contributed by atoms with Crippen LogP contribution < -0.4 is 20.9 Å². The third-order valence-electron chi connectivity index (χ3n) is 3.00. The zero-order chi connectivity index (χ0) is 18.1. The predicted molar refractivity (Wildman–Crippen MR) is 85.4 cm³/mol. The van der Waals surface area contributed by atoms with Crippen molar-refractivity contribution in [3.8, 4) is 11.8 Å². The Morgan fingerprint density at radius 3 is 2.46 bits per heavy atom. The number of rotatable bonds is 6. The van der Waals surface area contributed by atoms with Crippen LogP contribution >= 0.6 is 0 Å². The molecular formula is C16H20N4O4. The van der Waals surface area contributed by atoms with E-state index < -0.39 is 17.9 Å². The summed E-state index contributed by atoms with van der Waals surface area (Å²) >= 11 is 0. The summed E-state index contributed by atoms with van der Waals surface area (Å²) in [4.78, 5) is 34.8. The van der Waals surface area contributed by atoms with Crippen molar-refractivity contribution in [1.29, 1.82) is 5.26 Å². The van der Waals surface area contributed by atoms with Crippen molar-refractivity contribution in [3.63, 3.8) is 0 Å². The molecule has 0 saturated carbocycles. The largest absolute Gasteiger partial charge is 0.482 e. The van der Waals surface area contributed by atoms with Crippen molar-refractivity contribution in [2.45, 2.75) is 26.8 Å². The molecule has 1 rings (SSSR count). The molecule has 0 bridgehead atoms. The Morgan fingerprint density at radius 1 is 1.21 bits per heavy atom. The second kappa shape index (κ2) is 9.15. The second-order valence-electron chi connectivity index (χ2n) is 5.36. The lowest BCUT2D eigenvalue weighted by molar-refractivity contribution is -0.133.